The predicted octanol–water partition coefficient (Wildman–Crippen LogP) is 1.27. The molecule has 0 radical (unpaired) electrons. The molecule has 0 atom stereocenters. The molecule has 36 valence electrons. The lowest BCUT2D eigenvalue weighted by molar-refractivity contribution is 1.05. The van der Waals surface area contributed by atoms with E-state index in [0.717, 1.165) is 0 Å². The maximum absolute atomic E-state index is 4.66. The highest BCUT2D eigenvalue weighted by atomic mass is 32.1. The van der Waals surface area contributed by atoms with Crippen molar-refractivity contribution in [2.45, 2.75) is 0 Å². The Morgan fingerprint density at radius 3 is 2.86 bits per heavy atom. The zero-order chi connectivity index (χ0) is 5.11. The maximum atomic E-state index is 4.66. The topological polar surface area (TPSA) is 25.8 Å². The van der Waals surface area contributed by atoms with E-state index in [2.05, 4.69) is 22.4 Å². The van der Waals surface area contributed by atoms with Crippen molar-refractivity contribution in [2.24, 2.45) is 0 Å². The van der Waals surface area contributed by atoms with Crippen molar-refractivity contribution in [3.05, 3.63) is 15.5 Å². The van der Waals surface area contributed by atoms with Crippen LogP contribution in [0.5, 0.6) is 0 Å². The minimum atomic E-state index is 0.586. The Balaban J connectivity index is 3.28. The third-order valence-corrected chi connectivity index (χ3v) is 1.35. The Kier molecular flexibility index (Phi) is 1.43. The molecule has 0 unspecified atom stereocenters. The molecule has 0 amide bonds. The van der Waals surface area contributed by atoms with E-state index in [1.807, 2.05) is 0 Å². The second-order valence-electron chi connectivity index (χ2n) is 0.884. The van der Waals surface area contributed by atoms with E-state index in [1.54, 1.807) is 11.6 Å². The number of rotatable bonds is 0. The summed E-state index contributed by atoms with van der Waals surface area (Å²) in [5.41, 5.74) is 0. The van der Waals surface area contributed by atoms with Crippen molar-refractivity contribution >= 4 is 23.6 Å². The van der Waals surface area contributed by atoms with E-state index < -0.39 is 0 Å². The Morgan fingerprint density at radius 1 is 1.71 bits per heavy atom. The van der Waals surface area contributed by atoms with E-state index in [-0.39, 0.29) is 0 Å². The van der Waals surface area contributed by atoms with Crippen LogP contribution in [0.25, 0.3) is 0 Å². The van der Waals surface area contributed by atoms with Crippen molar-refractivity contribution in [3.63, 3.8) is 0 Å². The predicted molar refractivity (Wildman–Crippen MR) is 30.7 cm³/mol. The van der Waals surface area contributed by atoms with Crippen LogP contribution in [0.1, 0.15) is 0 Å². The van der Waals surface area contributed by atoms with Crippen LogP contribution in [0, 0.1) is 3.95 Å². The highest BCUT2D eigenvalue weighted by Crippen LogP contribution is 1.89. The molecular weight excluding hydrogens is 128 g/mol. The molecule has 0 aliphatic rings. The van der Waals surface area contributed by atoms with Gasteiger partial charge in [0.1, 0.15) is 0 Å². The van der Waals surface area contributed by atoms with Crippen LogP contribution >= 0.6 is 23.6 Å². The fraction of sp³-hybridized carbons (Fsp3) is 0. The lowest BCUT2D eigenvalue weighted by Crippen LogP contribution is -1.70. The first-order valence-corrected chi connectivity index (χ1v) is 2.95. The SMILES string of the molecule is S=c1nnccs1. The summed E-state index contributed by atoms with van der Waals surface area (Å²) in [6.07, 6.45) is 1.61. The van der Waals surface area contributed by atoms with Gasteiger partial charge in [-0.25, -0.2) is 0 Å². The van der Waals surface area contributed by atoms with Crippen LogP contribution in [-0.4, -0.2) is 10.2 Å². The smallest absolute Gasteiger partial charge is 0.156 e. The number of hydrogen-bond acceptors (Lipinski definition) is 4. The molecule has 1 aromatic rings. The van der Waals surface area contributed by atoms with Crippen molar-refractivity contribution < 1.29 is 0 Å². The van der Waals surface area contributed by atoms with E-state index in [4.69, 9.17) is 0 Å². The van der Waals surface area contributed by atoms with Gasteiger partial charge < -0.3 is 0 Å². The molecule has 0 aliphatic heterocycles. The molecule has 0 N–H and O–H groups in total. The molecule has 0 saturated carbocycles. The quantitative estimate of drug-likeness (QED) is 0.494. The molecule has 0 aromatic carbocycles. The monoisotopic (exact) mass is 130 g/mol. The average molecular weight is 130 g/mol. The highest BCUT2D eigenvalue weighted by Gasteiger charge is 1.70. The molecule has 7 heavy (non-hydrogen) atoms. The molecule has 1 rings (SSSR count). The molecule has 0 bridgehead atoms. The highest BCUT2D eigenvalue weighted by molar-refractivity contribution is 7.73. The van der Waals surface area contributed by atoms with Crippen LogP contribution in [0.2, 0.25) is 0 Å². The summed E-state index contributed by atoms with van der Waals surface area (Å²) < 4.78 is 0.586. The van der Waals surface area contributed by atoms with Gasteiger partial charge in [-0.1, -0.05) is 0 Å². The summed E-state index contributed by atoms with van der Waals surface area (Å²) in [5, 5.41) is 8.90. The van der Waals surface area contributed by atoms with Crippen LogP contribution in [0.4, 0.5) is 0 Å². The Bertz CT molecular complexity index is 177. The maximum Gasteiger partial charge on any atom is 0.202 e. The molecule has 0 fully saturated rings. The second kappa shape index (κ2) is 2.09. The Hall–Kier alpha value is -0.350. The normalized spacial score (nSPS) is 8.57. The van der Waals surface area contributed by atoms with Gasteiger partial charge in [0, 0.05) is 5.38 Å². The van der Waals surface area contributed by atoms with Gasteiger partial charge >= 0.3 is 0 Å². The van der Waals surface area contributed by atoms with Gasteiger partial charge in [-0.05, 0) is 12.2 Å². The van der Waals surface area contributed by atoms with Crippen molar-refractivity contribution in [1.29, 1.82) is 0 Å². The van der Waals surface area contributed by atoms with Crippen molar-refractivity contribution in [2.75, 3.05) is 0 Å². The second-order valence-corrected chi connectivity index (χ2v) is 2.42. The fourth-order valence-electron chi connectivity index (χ4n) is 0.220. The summed E-state index contributed by atoms with van der Waals surface area (Å²) >= 11 is 6.07. The molecule has 0 spiro atoms. The van der Waals surface area contributed by atoms with Gasteiger partial charge in [0.15, 0.2) is 0 Å². The zero-order valence-electron chi connectivity index (χ0n) is 3.37. The molecule has 1 heterocycles. The van der Waals surface area contributed by atoms with Gasteiger partial charge in [-0.15, -0.1) is 16.4 Å². The molecule has 1 aromatic heterocycles. The zero-order valence-corrected chi connectivity index (χ0v) is 5.00. The Labute approximate surface area is 49.8 Å². The first-order chi connectivity index (χ1) is 3.39. The summed E-state index contributed by atoms with van der Waals surface area (Å²) in [4.78, 5) is 0. The molecule has 2 nitrogen and oxygen atoms in total. The van der Waals surface area contributed by atoms with Crippen LogP contribution in [-0.2, 0) is 0 Å². The largest absolute Gasteiger partial charge is 0.202 e. The minimum absolute atomic E-state index is 0.586. The molecule has 0 saturated heterocycles. The van der Waals surface area contributed by atoms with Gasteiger partial charge in [-0.3, -0.25) is 0 Å². The lowest BCUT2D eigenvalue weighted by Gasteiger charge is -1.71. The van der Waals surface area contributed by atoms with E-state index >= 15 is 0 Å². The summed E-state index contributed by atoms with van der Waals surface area (Å²) in [5.74, 6) is 0. The fourth-order valence-corrected chi connectivity index (χ4v) is 0.760. The summed E-state index contributed by atoms with van der Waals surface area (Å²) in [6, 6.07) is 0. The number of hydrogen-bond donors (Lipinski definition) is 0. The van der Waals surface area contributed by atoms with Crippen LogP contribution in [0.3, 0.4) is 0 Å². The van der Waals surface area contributed by atoms with Gasteiger partial charge in [0.25, 0.3) is 0 Å². The third-order valence-electron chi connectivity index (χ3n) is 0.436. The molecule has 4 heteroatoms. The van der Waals surface area contributed by atoms with Gasteiger partial charge in [0.2, 0.25) is 3.95 Å². The number of nitrogens with zero attached hydrogens (tertiary/aromatic N) is 2. The van der Waals surface area contributed by atoms with Crippen molar-refractivity contribution in [3.8, 4) is 0 Å². The van der Waals surface area contributed by atoms with E-state index in [0.29, 0.717) is 3.95 Å². The van der Waals surface area contributed by atoms with Gasteiger partial charge in [0.05, 0.1) is 6.20 Å². The average Bonchev–Trinajstić information content (AvgIpc) is 1.69. The third kappa shape index (κ3) is 1.29. The first kappa shape index (κ1) is 4.80. The van der Waals surface area contributed by atoms with Gasteiger partial charge in [-0.2, -0.15) is 5.10 Å². The van der Waals surface area contributed by atoms with Crippen LogP contribution in [0.15, 0.2) is 11.6 Å². The molecule has 0 aliphatic carbocycles. The van der Waals surface area contributed by atoms with E-state index in [9.17, 15) is 0 Å². The minimum Gasteiger partial charge on any atom is -0.156 e. The standard InChI is InChI=1S/C3H2N2S2/c6-3-5-4-1-2-7-3/h1-2H. The first-order valence-electron chi connectivity index (χ1n) is 1.66. The summed E-state index contributed by atoms with van der Waals surface area (Å²) in [7, 11) is 0. The Morgan fingerprint density at radius 2 is 2.57 bits per heavy atom. The summed E-state index contributed by atoms with van der Waals surface area (Å²) in [6.45, 7) is 0. The van der Waals surface area contributed by atoms with Crippen molar-refractivity contribution in [1.82, 2.24) is 10.2 Å². The number of aromatic nitrogens is 2. The lowest BCUT2D eigenvalue weighted by atomic mass is 11.0. The molecular formula is C3H2N2S2. The van der Waals surface area contributed by atoms with Crippen LogP contribution < -0.4 is 0 Å². The van der Waals surface area contributed by atoms with E-state index in [1.165, 1.54) is 11.3 Å².